The molecule has 0 radical (unpaired) electrons. The summed E-state index contributed by atoms with van der Waals surface area (Å²) in [6.07, 6.45) is 4.06. The molecular weight excluding hydrogens is 309 g/mol. The first-order valence-electron chi connectivity index (χ1n) is 6.49. The second kappa shape index (κ2) is 6.18. The summed E-state index contributed by atoms with van der Waals surface area (Å²) in [5.74, 6) is 0. The summed E-state index contributed by atoms with van der Waals surface area (Å²) >= 11 is 12.2. The van der Waals surface area contributed by atoms with Crippen LogP contribution in [0.4, 0.5) is 0 Å². The van der Waals surface area contributed by atoms with E-state index in [0.717, 1.165) is 5.56 Å². The van der Waals surface area contributed by atoms with E-state index in [1.165, 1.54) is 6.33 Å². The highest BCUT2D eigenvalue weighted by molar-refractivity contribution is 6.35. The van der Waals surface area contributed by atoms with Crippen LogP contribution in [0, 0.1) is 5.41 Å². The molecule has 2 aromatic rings. The quantitative estimate of drug-likeness (QED) is 0.931. The Labute approximate surface area is 134 Å². The summed E-state index contributed by atoms with van der Waals surface area (Å²) in [4.78, 5) is 3.95. The second-order valence-electron chi connectivity index (χ2n) is 5.83. The number of aliphatic hydroxyl groups excluding tert-OH is 1. The number of aromatic nitrogens is 3. The van der Waals surface area contributed by atoms with Crippen LogP contribution in [0.3, 0.4) is 0 Å². The first kappa shape index (κ1) is 16.0. The van der Waals surface area contributed by atoms with Gasteiger partial charge in [-0.2, -0.15) is 5.10 Å². The predicted molar refractivity (Wildman–Crippen MR) is 85.3 cm³/mol. The highest BCUT2D eigenvalue weighted by Crippen LogP contribution is 2.30. The van der Waals surface area contributed by atoms with Gasteiger partial charge in [-0.3, -0.25) is 0 Å². The average Bonchev–Trinajstić information content (AvgIpc) is 2.89. The predicted octanol–water partition coefficient (Wildman–Crippen LogP) is 3.88. The molecule has 0 aliphatic carbocycles. The van der Waals surface area contributed by atoms with Crippen molar-refractivity contribution >= 4 is 28.9 Å². The van der Waals surface area contributed by atoms with Crippen molar-refractivity contribution in [2.24, 2.45) is 5.41 Å². The number of halogens is 2. The van der Waals surface area contributed by atoms with Gasteiger partial charge in [-0.15, -0.1) is 0 Å². The minimum absolute atomic E-state index is 0.301. The molecule has 1 N–H and O–H groups in total. The van der Waals surface area contributed by atoms with Gasteiger partial charge in [-0.05, 0) is 29.7 Å². The standard InChI is InChI=1S/C15H17Cl2N3O/c1-15(2,3)14(21)7-13(20-9-18-8-19-20)11-5-4-10(16)6-12(11)17/h4-9,14,21H,1-3H3/b13-7-. The SMILES string of the molecule is CC(C)(C)C(O)/C=C(/c1ccc(Cl)cc1Cl)n1cncn1. The molecule has 112 valence electrons. The van der Waals surface area contributed by atoms with E-state index >= 15 is 0 Å². The maximum absolute atomic E-state index is 10.4. The Hall–Kier alpha value is -1.36. The zero-order chi connectivity index (χ0) is 15.6. The summed E-state index contributed by atoms with van der Waals surface area (Å²) in [6, 6.07) is 5.21. The molecule has 1 aromatic carbocycles. The lowest BCUT2D eigenvalue weighted by Crippen LogP contribution is -2.24. The van der Waals surface area contributed by atoms with Crippen molar-refractivity contribution in [1.82, 2.24) is 14.8 Å². The van der Waals surface area contributed by atoms with E-state index in [2.05, 4.69) is 10.1 Å². The lowest BCUT2D eigenvalue weighted by atomic mass is 9.88. The Bertz CT molecular complexity index is 645. The highest BCUT2D eigenvalue weighted by atomic mass is 35.5. The Morgan fingerprint density at radius 2 is 2.05 bits per heavy atom. The summed E-state index contributed by atoms with van der Waals surface area (Å²) in [7, 11) is 0. The fourth-order valence-electron chi connectivity index (χ4n) is 1.72. The number of rotatable bonds is 3. The molecule has 0 amide bonds. The smallest absolute Gasteiger partial charge is 0.138 e. The molecule has 6 heteroatoms. The monoisotopic (exact) mass is 325 g/mol. The van der Waals surface area contributed by atoms with Gasteiger partial charge < -0.3 is 5.11 Å². The Morgan fingerprint density at radius 3 is 2.57 bits per heavy atom. The normalized spacial score (nSPS) is 14.3. The summed E-state index contributed by atoms with van der Waals surface area (Å²) < 4.78 is 1.57. The third kappa shape index (κ3) is 3.84. The molecule has 0 saturated heterocycles. The van der Waals surface area contributed by atoms with Crippen LogP contribution < -0.4 is 0 Å². The van der Waals surface area contributed by atoms with Gasteiger partial charge in [-0.25, -0.2) is 9.67 Å². The van der Waals surface area contributed by atoms with Gasteiger partial charge in [0.2, 0.25) is 0 Å². The molecule has 0 spiro atoms. The molecule has 21 heavy (non-hydrogen) atoms. The van der Waals surface area contributed by atoms with Crippen LogP contribution in [0.5, 0.6) is 0 Å². The number of hydrogen-bond acceptors (Lipinski definition) is 3. The third-order valence-electron chi connectivity index (χ3n) is 3.08. The van der Waals surface area contributed by atoms with E-state index in [-0.39, 0.29) is 5.41 Å². The molecule has 4 nitrogen and oxygen atoms in total. The zero-order valence-electron chi connectivity index (χ0n) is 12.1. The van der Waals surface area contributed by atoms with Crippen molar-refractivity contribution in [3.63, 3.8) is 0 Å². The summed E-state index contributed by atoms with van der Waals surface area (Å²) in [6.45, 7) is 5.86. The molecule has 0 bridgehead atoms. The topological polar surface area (TPSA) is 50.9 Å². The van der Waals surface area contributed by atoms with E-state index in [0.29, 0.717) is 15.7 Å². The van der Waals surface area contributed by atoms with Crippen molar-refractivity contribution in [3.05, 3.63) is 52.5 Å². The van der Waals surface area contributed by atoms with E-state index in [4.69, 9.17) is 23.2 Å². The second-order valence-corrected chi connectivity index (χ2v) is 6.67. The number of aliphatic hydroxyl groups is 1. The van der Waals surface area contributed by atoms with Gasteiger partial charge in [-0.1, -0.05) is 44.0 Å². The molecular formula is C15H17Cl2N3O. The van der Waals surface area contributed by atoms with Crippen LogP contribution in [0.25, 0.3) is 5.70 Å². The van der Waals surface area contributed by atoms with Gasteiger partial charge in [0, 0.05) is 10.6 Å². The van der Waals surface area contributed by atoms with E-state index < -0.39 is 6.10 Å². The minimum Gasteiger partial charge on any atom is -0.388 e. The maximum atomic E-state index is 10.4. The molecule has 0 aliphatic heterocycles. The van der Waals surface area contributed by atoms with E-state index in [9.17, 15) is 5.11 Å². The van der Waals surface area contributed by atoms with E-state index in [1.807, 2.05) is 20.8 Å². The largest absolute Gasteiger partial charge is 0.388 e. The first-order chi connectivity index (χ1) is 9.79. The fourth-order valence-corrected chi connectivity index (χ4v) is 2.22. The molecule has 1 aromatic heterocycles. The van der Waals surface area contributed by atoms with Crippen molar-refractivity contribution in [3.8, 4) is 0 Å². The van der Waals surface area contributed by atoms with Gasteiger partial charge in [0.25, 0.3) is 0 Å². The number of nitrogens with zero attached hydrogens (tertiary/aromatic N) is 3. The van der Waals surface area contributed by atoms with Gasteiger partial charge in [0.05, 0.1) is 16.8 Å². The van der Waals surface area contributed by atoms with E-state index in [1.54, 1.807) is 35.3 Å². The lowest BCUT2D eigenvalue weighted by Gasteiger charge is -2.24. The summed E-state index contributed by atoms with van der Waals surface area (Å²) in [5, 5.41) is 15.5. The van der Waals surface area contributed by atoms with Crippen LogP contribution in [-0.4, -0.2) is 26.0 Å². The molecule has 0 saturated carbocycles. The third-order valence-corrected chi connectivity index (χ3v) is 3.62. The van der Waals surface area contributed by atoms with Crippen LogP contribution in [0.2, 0.25) is 10.0 Å². The Kier molecular flexibility index (Phi) is 4.71. The zero-order valence-corrected chi connectivity index (χ0v) is 13.6. The molecule has 0 fully saturated rings. The maximum Gasteiger partial charge on any atom is 0.138 e. The van der Waals surface area contributed by atoms with Gasteiger partial charge in [0.15, 0.2) is 0 Å². The van der Waals surface area contributed by atoms with Gasteiger partial charge >= 0.3 is 0 Å². The van der Waals surface area contributed by atoms with Crippen molar-refractivity contribution < 1.29 is 5.11 Å². The molecule has 2 rings (SSSR count). The van der Waals surface area contributed by atoms with Crippen LogP contribution in [0.1, 0.15) is 26.3 Å². The van der Waals surface area contributed by atoms with Crippen LogP contribution >= 0.6 is 23.2 Å². The van der Waals surface area contributed by atoms with Crippen molar-refractivity contribution in [2.75, 3.05) is 0 Å². The molecule has 1 heterocycles. The first-order valence-corrected chi connectivity index (χ1v) is 7.25. The van der Waals surface area contributed by atoms with Crippen molar-refractivity contribution in [2.45, 2.75) is 26.9 Å². The average molecular weight is 326 g/mol. The summed E-state index contributed by atoms with van der Waals surface area (Å²) in [5.41, 5.74) is 1.09. The number of benzene rings is 1. The lowest BCUT2D eigenvalue weighted by molar-refractivity contribution is 0.105. The van der Waals surface area contributed by atoms with Crippen molar-refractivity contribution in [1.29, 1.82) is 0 Å². The van der Waals surface area contributed by atoms with Crippen LogP contribution in [-0.2, 0) is 0 Å². The molecule has 1 atom stereocenters. The minimum atomic E-state index is -0.663. The Balaban J connectivity index is 2.55. The fraction of sp³-hybridized carbons (Fsp3) is 0.333. The Morgan fingerprint density at radius 1 is 1.33 bits per heavy atom. The van der Waals surface area contributed by atoms with Crippen LogP contribution in [0.15, 0.2) is 36.9 Å². The number of hydrogen-bond donors (Lipinski definition) is 1. The molecule has 1 unspecified atom stereocenters. The van der Waals surface area contributed by atoms with Gasteiger partial charge in [0.1, 0.15) is 12.7 Å². The molecule has 0 aliphatic rings. The highest BCUT2D eigenvalue weighted by Gasteiger charge is 2.22.